The van der Waals surface area contributed by atoms with Crippen molar-refractivity contribution < 1.29 is 14.3 Å². The minimum absolute atomic E-state index is 0.0766. The van der Waals surface area contributed by atoms with Crippen molar-refractivity contribution in [2.24, 2.45) is 0 Å². The SMILES string of the molecule is CC(=O)O[C@H]1CNCC[C@@H]1Oc1ccc(C)c(C)c1. The lowest BCUT2D eigenvalue weighted by molar-refractivity contribution is -0.152. The maximum atomic E-state index is 11.1. The fourth-order valence-corrected chi connectivity index (χ4v) is 2.23. The van der Waals surface area contributed by atoms with Crippen LogP contribution in [-0.2, 0) is 9.53 Å². The molecule has 0 aliphatic carbocycles. The Morgan fingerprint density at radius 1 is 1.26 bits per heavy atom. The molecule has 0 unspecified atom stereocenters. The predicted octanol–water partition coefficient (Wildman–Crippen LogP) is 1.98. The number of hydrogen-bond acceptors (Lipinski definition) is 4. The van der Waals surface area contributed by atoms with Gasteiger partial charge in [0.25, 0.3) is 0 Å². The zero-order valence-corrected chi connectivity index (χ0v) is 11.7. The van der Waals surface area contributed by atoms with Crippen LogP contribution in [0.3, 0.4) is 0 Å². The highest BCUT2D eigenvalue weighted by atomic mass is 16.6. The lowest BCUT2D eigenvalue weighted by atomic mass is 10.1. The van der Waals surface area contributed by atoms with Gasteiger partial charge in [-0.05, 0) is 43.7 Å². The van der Waals surface area contributed by atoms with Gasteiger partial charge in [-0.15, -0.1) is 0 Å². The fraction of sp³-hybridized carbons (Fsp3) is 0.533. The van der Waals surface area contributed by atoms with Gasteiger partial charge >= 0.3 is 5.97 Å². The van der Waals surface area contributed by atoms with Crippen LogP contribution >= 0.6 is 0 Å². The molecule has 0 bridgehead atoms. The number of nitrogens with one attached hydrogen (secondary N) is 1. The van der Waals surface area contributed by atoms with Gasteiger partial charge in [-0.1, -0.05) is 6.07 Å². The zero-order valence-electron chi connectivity index (χ0n) is 11.7. The number of piperidine rings is 1. The van der Waals surface area contributed by atoms with E-state index < -0.39 is 0 Å². The van der Waals surface area contributed by atoms with E-state index in [0.29, 0.717) is 6.54 Å². The van der Waals surface area contributed by atoms with Crippen LogP contribution < -0.4 is 10.1 Å². The van der Waals surface area contributed by atoms with Crippen molar-refractivity contribution in [3.05, 3.63) is 29.3 Å². The van der Waals surface area contributed by atoms with E-state index in [1.807, 2.05) is 18.2 Å². The Kier molecular flexibility index (Phi) is 4.43. The summed E-state index contributed by atoms with van der Waals surface area (Å²) in [6.45, 7) is 7.10. The summed E-state index contributed by atoms with van der Waals surface area (Å²) in [5.41, 5.74) is 2.45. The number of carbonyl (C=O) groups is 1. The van der Waals surface area contributed by atoms with Gasteiger partial charge in [0.1, 0.15) is 11.9 Å². The summed E-state index contributed by atoms with van der Waals surface area (Å²) >= 11 is 0. The molecule has 1 saturated heterocycles. The lowest BCUT2D eigenvalue weighted by Crippen LogP contribution is -2.48. The standard InChI is InChI=1S/C15H21NO3/c1-10-4-5-13(8-11(10)2)19-14-6-7-16-9-15(14)18-12(3)17/h4-5,8,14-16H,6-7,9H2,1-3H3/t14-,15-/m0/s1. The molecule has 19 heavy (non-hydrogen) atoms. The zero-order chi connectivity index (χ0) is 13.8. The van der Waals surface area contributed by atoms with Crippen molar-refractivity contribution in [3.63, 3.8) is 0 Å². The molecule has 1 N–H and O–H groups in total. The summed E-state index contributed by atoms with van der Waals surface area (Å²) in [7, 11) is 0. The Balaban J connectivity index is 2.06. The van der Waals surface area contributed by atoms with Crippen LogP contribution in [0.2, 0.25) is 0 Å². The molecule has 104 valence electrons. The summed E-state index contributed by atoms with van der Waals surface area (Å²) in [5.74, 6) is 0.578. The van der Waals surface area contributed by atoms with Gasteiger partial charge in [-0.25, -0.2) is 0 Å². The van der Waals surface area contributed by atoms with Gasteiger partial charge in [-0.2, -0.15) is 0 Å². The number of aryl methyl sites for hydroxylation is 2. The Morgan fingerprint density at radius 3 is 2.74 bits per heavy atom. The minimum Gasteiger partial charge on any atom is -0.486 e. The first-order valence-electron chi connectivity index (χ1n) is 6.68. The number of benzene rings is 1. The molecule has 2 atom stereocenters. The highest BCUT2D eigenvalue weighted by Crippen LogP contribution is 2.21. The molecular weight excluding hydrogens is 242 g/mol. The first-order valence-corrected chi connectivity index (χ1v) is 6.68. The maximum absolute atomic E-state index is 11.1. The van der Waals surface area contributed by atoms with E-state index in [4.69, 9.17) is 9.47 Å². The summed E-state index contributed by atoms with van der Waals surface area (Å²) in [6, 6.07) is 6.05. The summed E-state index contributed by atoms with van der Waals surface area (Å²) in [5, 5.41) is 3.22. The highest BCUT2D eigenvalue weighted by molar-refractivity contribution is 5.66. The average Bonchev–Trinajstić information content (AvgIpc) is 2.36. The van der Waals surface area contributed by atoms with Crippen LogP contribution in [0.5, 0.6) is 5.75 Å². The van der Waals surface area contributed by atoms with Crippen molar-refractivity contribution >= 4 is 5.97 Å². The van der Waals surface area contributed by atoms with Gasteiger partial charge in [0, 0.05) is 19.9 Å². The number of esters is 1. The first-order chi connectivity index (χ1) is 9.06. The molecule has 1 aromatic carbocycles. The molecule has 4 heteroatoms. The molecular formula is C15H21NO3. The summed E-state index contributed by atoms with van der Waals surface area (Å²) < 4.78 is 11.3. The summed E-state index contributed by atoms with van der Waals surface area (Å²) in [6.07, 6.45) is 0.547. The van der Waals surface area contributed by atoms with Gasteiger partial charge in [0.2, 0.25) is 0 Å². The van der Waals surface area contributed by atoms with Crippen molar-refractivity contribution in [2.45, 2.75) is 39.4 Å². The fourth-order valence-electron chi connectivity index (χ4n) is 2.23. The van der Waals surface area contributed by atoms with Crippen LogP contribution in [-0.4, -0.2) is 31.3 Å². The average molecular weight is 263 g/mol. The van der Waals surface area contributed by atoms with E-state index in [1.165, 1.54) is 18.1 Å². The topological polar surface area (TPSA) is 47.6 Å². The second kappa shape index (κ2) is 6.06. The smallest absolute Gasteiger partial charge is 0.303 e. The molecule has 0 saturated carbocycles. The Labute approximate surface area is 114 Å². The molecule has 0 amide bonds. The van der Waals surface area contributed by atoms with E-state index in [-0.39, 0.29) is 18.2 Å². The lowest BCUT2D eigenvalue weighted by Gasteiger charge is -2.31. The van der Waals surface area contributed by atoms with Crippen molar-refractivity contribution in [1.29, 1.82) is 0 Å². The summed E-state index contributed by atoms with van der Waals surface area (Å²) in [4.78, 5) is 11.1. The number of ether oxygens (including phenoxy) is 2. The molecule has 1 fully saturated rings. The highest BCUT2D eigenvalue weighted by Gasteiger charge is 2.29. The van der Waals surface area contributed by atoms with Crippen molar-refractivity contribution in [2.75, 3.05) is 13.1 Å². The van der Waals surface area contributed by atoms with E-state index in [9.17, 15) is 4.79 Å². The third kappa shape index (κ3) is 3.70. The van der Waals surface area contributed by atoms with Gasteiger partial charge < -0.3 is 14.8 Å². The van der Waals surface area contributed by atoms with Crippen LogP contribution in [0.15, 0.2) is 18.2 Å². The molecule has 0 radical (unpaired) electrons. The van der Waals surface area contributed by atoms with Crippen LogP contribution in [0, 0.1) is 13.8 Å². The van der Waals surface area contributed by atoms with E-state index in [2.05, 4.69) is 19.2 Å². The van der Waals surface area contributed by atoms with E-state index in [1.54, 1.807) is 0 Å². The van der Waals surface area contributed by atoms with Crippen LogP contribution in [0.1, 0.15) is 24.5 Å². The number of rotatable bonds is 3. The molecule has 0 aromatic heterocycles. The maximum Gasteiger partial charge on any atom is 0.303 e. The second-order valence-corrected chi connectivity index (χ2v) is 5.04. The number of carbonyl (C=O) groups excluding carboxylic acids is 1. The first kappa shape index (κ1) is 13.9. The second-order valence-electron chi connectivity index (χ2n) is 5.04. The van der Waals surface area contributed by atoms with Gasteiger partial charge in [0.15, 0.2) is 6.10 Å². The van der Waals surface area contributed by atoms with Gasteiger partial charge in [-0.3, -0.25) is 4.79 Å². The monoisotopic (exact) mass is 263 g/mol. The molecule has 2 rings (SSSR count). The minimum atomic E-state index is -0.262. The molecule has 4 nitrogen and oxygen atoms in total. The van der Waals surface area contributed by atoms with E-state index in [0.717, 1.165) is 18.7 Å². The normalized spacial score (nSPS) is 22.9. The largest absolute Gasteiger partial charge is 0.486 e. The Hall–Kier alpha value is -1.55. The van der Waals surface area contributed by atoms with Crippen LogP contribution in [0.4, 0.5) is 0 Å². The van der Waals surface area contributed by atoms with Crippen molar-refractivity contribution in [3.8, 4) is 5.75 Å². The van der Waals surface area contributed by atoms with Crippen LogP contribution in [0.25, 0.3) is 0 Å². The third-order valence-electron chi connectivity index (χ3n) is 3.45. The Bertz CT molecular complexity index is 459. The quantitative estimate of drug-likeness (QED) is 0.847. The molecule has 1 aromatic rings. The predicted molar refractivity (Wildman–Crippen MR) is 73.4 cm³/mol. The number of hydrogen-bond donors (Lipinski definition) is 1. The molecule has 1 aliphatic rings. The van der Waals surface area contributed by atoms with Gasteiger partial charge in [0.05, 0.1) is 0 Å². The molecule has 0 spiro atoms. The molecule has 1 heterocycles. The van der Waals surface area contributed by atoms with E-state index >= 15 is 0 Å². The Morgan fingerprint density at radius 2 is 2.05 bits per heavy atom. The van der Waals surface area contributed by atoms with Crippen molar-refractivity contribution in [1.82, 2.24) is 5.32 Å². The third-order valence-corrected chi connectivity index (χ3v) is 3.45. The molecule has 1 aliphatic heterocycles.